The Hall–Kier alpha value is -3.27. The topological polar surface area (TPSA) is 101 Å². The number of benzene rings is 1. The Labute approximate surface area is 214 Å². The number of hydrogen-bond donors (Lipinski definition) is 2. The van der Waals surface area contributed by atoms with Crippen molar-refractivity contribution in [1.29, 1.82) is 0 Å². The van der Waals surface area contributed by atoms with Gasteiger partial charge in [0.2, 0.25) is 5.91 Å². The summed E-state index contributed by atoms with van der Waals surface area (Å²) >= 11 is 0. The minimum atomic E-state index is -1.02. The molecule has 0 spiro atoms. The van der Waals surface area contributed by atoms with E-state index in [9.17, 15) is 23.2 Å². The van der Waals surface area contributed by atoms with Gasteiger partial charge in [0, 0.05) is 29.7 Å². The molecule has 2 heterocycles. The zero-order valence-corrected chi connectivity index (χ0v) is 21.5. The van der Waals surface area contributed by atoms with Crippen molar-refractivity contribution in [3.63, 3.8) is 0 Å². The second kappa shape index (κ2) is 10.6. The van der Waals surface area contributed by atoms with E-state index >= 15 is 0 Å². The highest BCUT2D eigenvalue weighted by Crippen LogP contribution is 2.33. The number of likely N-dealkylation sites (tertiary alicyclic amines) is 1. The fourth-order valence-electron chi connectivity index (χ4n) is 5.33. The van der Waals surface area contributed by atoms with E-state index in [1.807, 2.05) is 0 Å². The molecule has 200 valence electrons. The van der Waals surface area contributed by atoms with Crippen LogP contribution in [-0.4, -0.2) is 60.0 Å². The molecule has 2 aliphatic rings. The monoisotopic (exact) mass is 517 g/mol. The SMILES string of the molecule is COC(=O)C1CC(NC(C)(C)C)CCC1N1CC[C@H](NC(=O)c2ccc(-c3ccc(F)c(F)c3)o2)C1=O. The maximum atomic E-state index is 13.6. The molecule has 2 N–H and O–H groups in total. The second-order valence-electron chi connectivity index (χ2n) is 10.7. The van der Waals surface area contributed by atoms with E-state index in [1.54, 1.807) is 4.90 Å². The molecule has 1 aromatic carbocycles. The van der Waals surface area contributed by atoms with Crippen molar-refractivity contribution in [2.45, 2.75) is 70.1 Å². The van der Waals surface area contributed by atoms with Crippen LogP contribution in [0.5, 0.6) is 0 Å². The number of methoxy groups -OCH3 is 1. The predicted octanol–water partition coefficient (Wildman–Crippen LogP) is 3.65. The third-order valence-electron chi connectivity index (χ3n) is 6.93. The summed E-state index contributed by atoms with van der Waals surface area (Å²) < 4.78 is 37.4. The van der Waals surface area contributed by atoms with Crippen LogP contribution in [0.3, 0.4) is 0 Å². The van der Waals surface area contributed by atoms with Crippen LogP contribution in [0, 0.1) is 17.6 Å². The molecular formula is C27H33F2N3O5. The van der Waals surface area contributed by atoms with Crippen LogP contribution in [0.4, 0.5) is 8.78 Å². The van der Waals surface area contributed by atoms with Crippen molar-refractivity contribution < 1.29 is 32.3 Å². The van der Waals surface area contributed by atoms with Gasteiger partial charge in [0.15, 0.2) is 17.4 Å². The molecule has 8 nitrogen and oxygen atoms in total. The van der Waals surface area contributed by atoms with E-state index < -0.39 is 29.5 Å². The Morgan fingerprint density at radius 1 is 1.08 bits per heavy atom. The number of carbonyl (C=O) groups is 3. The van der Waals surface area contributed by atoms with Crippen LogP contribution in [0.1, 0.15) is 57.0 Å². The van der Waals surface area contributed by atoms with E-state index in [4.69, 9.17) is 9.15 Å². The van der Waals surface area contributed by atoms with Gasteiger partial charge < -0.3 is 24.7 Å². The first kappa shape index (κ1) is 26.8. The summed E-state index contributed by atoms with van der Waals surface area (Å²) in [5.74, 6) is -3.49. The van der Waals surface area contributed by atoms with Gasteiger partial charge in [-0.15, -0.1) is 0 Å². The van der Waals surface area contributed by atoms with Crippen LogP contribution in [0.15, 0.2) is 34.7 Å². The number of esters is 1. The van der Waals surface area contributed by atoms with Crippen molar-refractivity contribution in [2.75, 3.05) is 13.7 Å². The molecule has 1 aromatic heterocycles. The van der Waals surface area contributed by atoms with Gasteiger partial charge in [0.25, 0.3) is 5.91 Å². The molecule has 2 fully saturated rings. The quantitative estimate of drug-likeness (QED) is 0.568. The molecule has 3 unspecified atom stereocenters. The third kappa shape index (κ3) is 6.01. The number of furan rings is 1. The molecular weight excluding hydrogens is 484 g/mol. The maximum Gasteiger partial charge on any atom is 0.310 e. The fourth-order valence-corrected chi connectivity index (χ4v) is 5.33. The smallest absolute Gasteiger partial charge is 0.310 e. The number of nitrogens with zero attached hydrogens (tertiary/aromatic N) is 1. The molecule has 1 saturated heterocycles. The largest absolute Gasteiger partial charge is 0.469 e. The molecule has 0 bridgehead atoms. The molecule has 2 aromatic rings. The van der Waals surface area contributed by atoms with E-state index in [2.05, 4.69) is 31.4 Å². The first-order valence-electron chi connectivity index (χ1n) is 12.5. The summed E-state index contributed by atoms with van der Waals surface area (Å²) in [4.78, 5) is 40.4. The minimum Gasteiger partial charge on any atom is -0.469 e. The predicted molar refractivity (Wildman–Crippen MR) is 131 cm³/mol. The number of nitrogens with one attached hydrogen (secondary N) is 2. The fraction of sp³-hybridized carbons (Fsp3) is 0.519. The molecule has 10 heteroatoms. The highest BCUT2D eigenvalue weighted by molar-refractivity contribution is 5.96. The Bertz CT molecular complexity index is 1180. The van der Waals surface area contributed by atoms with E-state index in [0.29, 0.717) is 25.8 Å². The zero-order valence-electron chi connectivity index (χ0n) is 21.5. The van der Waals surface area contributed by atoms with Crippen LogP contribution in [0.25, 0.3) is 11.3 Å². The lowest BCUT2D eigenvalue weighted by atomic mass is 9.80. The summed E-state index contributed by atoms with van der Waals surface area (Å²) in [7, 11) is 1.35. The highest BCUT2D eigenvalue weighted by atomic mass is 19.2. The van der Waals surface area contributed by atoms with Gasteiger partial charge in [-0.25, -0.2) is 8.78 Å². The van der Waals surface area contributed by atoms with Gasteiger partial charge in [-0.2, -0.15) is 0 Å². The summed E-state index contributed by atoms with van der Waals surface area (Å²) in [5, 5.41) is 6.25. The lowest BCUT2D eigenvalue weighted by molar-refractivity contribution is -0.151. The summed E-state index contributed by atoms with van der Waals surface area (Å²) in [6.45, 7) is 6.63. The van der Waals surface area contributed by atoms with Crippen LogP contribution < -0.4 is 10.6 Å². The first-order valence-corrected chi connectivity index (χ1v) is 12.5. The number of halogens is 2. The number of carbonyl (C=O) groups excluding carboxylic acids is 3. The van der Waals surface area contributed by atoms with E-state index in [-0.39, 0.29) is 46.6 Å². The first-order chi connectivity index (χ1) is 17.5. The number of rotatable bonds is 6. The van der Waals surface area contributed by atoms with Gasteiger partial charge in [-0.1, -0.05) is 0 Å². The Balaban J connectivity index is 1.41. The van der Waals surface area contributed by atoms with Gasteiger partial charge in [0.05, 0.1) is 13.0 Å². The lowest BCUT2D eigenvalue weighted by Crippen LogP contribution is -2.55. The van der Waals surface area contributed by atoms with Crippen molar-refractivity contribution in [3.8, 4) is 11.3 Å². The minimum absolute atomic E-state index is 0.0489. The Kier molecular flexibility index (Phi) is 7.68. The summed E-state index contributed by atoms with van der Waals surface area (Å²) in [6, 6.07) is 5.29. The summed E-state index contributed by atoms with van der Waals surface area (Å²) in [6.07, 6.45) is 2.43. The maximum absolute atomic E-state index is 13.6. The molecule has 4 atom stereocenters. The molecule has 1 aliphatic heterocycles. The van der Waals surface area contributed by atoms with E-state index in [0.717, 1.165) is 18.6 Å². The Morgan fingerprint density at radius 3 is 2.51 bits per heavy atom. The molecule has 2 amide bonds. The second-order valence-corrected chi connectivity index (χ2v) is 10.7. The van der Waals surface area contributed by atoms with Crippen LogP contribution in [0.2, 0.25) is 0 Å². The molecule has 4 rings (SSSR count). The van der Waals surface area contributed by atoms with Gasteiger partial charge in [-0.05, 0) is 76.8 Å². The van der Waals surface area contributed by atoms with Crippen molar-refractivity contribution in [1.82, 2.24) is 15.5 Å². The van der Waals surface area contributed by atoms with E-state index in [1.165, 1.54) is 25.3 Å². The zero-order chi connectivity index (χ0) is 26.9. The average molecular weight is 518 g/mol. The van der Waals surface area contributed by atoms with Crippen LogP contribution in [-0.2, 0) is 14.3 Å². The van der Waals surface area contributed by atoms with Gasteiger partial charge >= 0.3 is 5.97 Å². The average Bonchev–Trinajstić information content (AvgIpc) is 3.47. The summed E-state index contributed by atoms with van der Waals surface area (Å²) in [5.41, 5.74) is 0.180. The standard InChI is InChI=1S/C27H33F2N3O5/c1-27(2,3)31-16-6-8-21(17(14-16)26(35)36-4)32-12-11-20(25(32)34)30-24(33)23-10-9-22(37-23)15-5-7-18(28)19(29)13-15/h5,7,9-10,13,16-17,20-21,31H,6,8,11-12,14H2,1-4H3,(H,30,33)/t16?,17?,20-,21?/m0/s1. The highest BCUT2D eigenvalue weighted by Gasteiger charge is 2.45. The third-order valence-corrected chi connectivity index (χ3v) is 6.93. The molecule has 0 radical (unpaired) electrons. The van der Waals surface area contributed by atoms with Crippen molar-refractivity contribution in [2.24, 2.45) is 5.92 Å². The molecule has 1 saturated carbocycles. The van der Waals surface area contributed by atoms with Crippen molar-refractivity contribution in [3.05, 3.63) is 47.7 Å². The molecule has 1 aliphatic carbocycles. The van der Waals surface area contributed by atoms with Crippen LogP contribution >= 0.6 is 0 Å². The van der Waals surface area contributed by atoms with Crippen molar-refractivity contribution >= 4 is 17.8 Å². The number of amides is 2. The van der Waals surface area contributed by atoms with Gasteiger partial charge in [-0.3, -0.25) is 14.4 Å². The number of ether oxygens (including phenoxy) is 1. The number of hydrogen-bond acceptors (Lipinski definition) is 6. The lowest BCUT2D eigenvalue weighted by Gasteiger charge is -2.41. The Morgan fingerprint density at radius 2 is 1.84 bits per heavy atom. The normalized spacial score (nSPS) is 24.3. The molecule has 37 heavy (non-hydrogen) atoms. The van der Waals surface area contributed by atoms with Gasteiger partial charge in [0.1, 0.15) is 11.8 Å².